The summed E-state index contributed by atoms with van der Waals surface area (Å²) in [4.78, 5) is 27.9. The summed E-state index contributed by atoms with van der Waals surface area (Å²) in [5, 5.41) is 2.84. The van der Waals surface area contributed by atoms with Crippen LogP contribution in [0.3, 0.4) is 0 Å². The molecule has 32 heavy (non-hydrogen) atoms. The first-order chi connectivity index (χ1) is 15.5. The van der Waals surface area contributed by atoms with Crippen molar-refractivity contribution in [1.82, 2.24) is 4.90 Å². The molecule has 0 atom stereocenters. The number of carbonyl (C=O) groups is 2. The van der Waals surface area contributed by atoms with Crippen LogP contribution in [0.5, 0.6) is 0 Å². The molecule has 6 heteroatoms. The molecular weight excluding hydrogens is 407 g/mol. The molecule has 0 radical (unpaired) electrons. The maximum atomic E-state index is 13.6. The maximum absolute atomic E-state index is 13.6. The molecule has 3 aromatic rings. The normalized spacial score (nSPS) is 14.2. The number of carbonyl (C=O) groups excluding carboxylic acids is 2. The predicted molar refractivity (Wildman–Crippen MR) is 121 cm³/mol. The number of amides is 2. The van der Waals surface area contributed by atoms with Crippen molar-refractivity contribution in [3.8, 4) is 0 Å². The molecule has 1 heterocycles. The minimum Gasteiger partial charge on any atom is -0.459 e. The van der Waals surface area contributed by atoms with Gasteiger partial charge < -0.3 is 14.6 Å². The zero-order chi connectivity index (χ0) is 22.5. The molecule has 4 rings (SSSR count). The monoisotopic (exact) mass is 434 g/mol. The van der Waals surface area contributed by atoms with Crippen LogP contribution in [0.4, 0.5) is 10.1 Å². The number of aryl methyl sites for hydroxylation is 1. The summed E-state index contributed by atoms with van der Waals surface area (Å²) in [6.45, 7) is 2.30. The Labute approximate surface area is 187 Å². The molecule has 1 saturated carbocycles. The minimum atomic E-state index is -0.363. The van der Waals surface area contributed by atoms with Gasteiger partial charge in [0.15, 0.2) is 5.76 Å². The van der Waals surface area contributed by atoms with Crippen LogP contribution >= 0.6 is 0 Å². The van der Waals surface area contributed by atoms with Crippen LogP contribution in [0.25, 0.3) is 0 Å². The van der Waals surface area contributed by atoms with E-state index in [9.17, 15) is 14.0 Å². The lowest BCUT2D eigenvalue weighted by atomic mass is 9.93. The van der Waals surface area contributed by atoms with E-state index in [0.717, 1.165) is 36.8 Å². The Kier molecular flexibility index (Phi) is 6.69. The summed E-state index contributed by atoms with van der Waals surface area (Å²) in [6, 6.07) is 15.0. The fourth-order valence-electron chi connectivity index (χ4n) is 4.19. The molecule has 0 unspecified atom stereocenters. The van der Waals surface area contributed by atoms with Crippen LogP contribution in [0.1, 0.15) is 64.1 Å². The van der Waals surface area contributed by atoms with E-state index < -0.39 is 0 Å². The van der Waals surface area contributed by atoms with E-state index in [1.165, 1.54) is 24.8 Å². The van der Waals surface area contributed by atoms with E-state index in [4.69, 9.17) is 4.42 Å². The third-order valence-corrected chi connectivity index (χ3v) is 6.02. The van der Waals surface area contributed by atoms with Crippen molar-refractivity contribution >= 4 is 17.5 Å². The van der Waals surface area contributed by atoms with Crippen LogP contribution < -0.4 is 5.32 Å². The Hall–Kier alpha value is -3.41. The van der Waals surface area contributed by atoms with Crippen LogP contribution in [0.2, 0.25) is 0 Å². The summed E-state index contributed by atoms with van der Waals surface area (Å²) in [5.41, 5.74) is 2.83. The number of nitrogens with one attached hydrogen (secondary N) is 1. The van der Waals surface area contributed by atoms with Gasteiger partial charge in [0.1, 0.15) is 5.82 Å². The fraction of sp³-hybridized carbons (Fsp3) is 0.308. The molecule has 1 aliphatic carbocycles. The SMILES string of the molecule is Cc1ccc(C(=O)N(Cc2ccc(F)cc2)C2CCCCC2)cc1NC(=O)c1ccco1. The van der Waals surface area contributed by atoms with E-state index in [1.54, 1.807) is 36.4 Å². The average Bonchev–Trinajstić information content (AvgIpc) is 3.35. The zero-order valence-corrected chi connectivity index (χ0v) is 18.1. The lowest BCUT2D eigenvalue weighted by molar-refractivity contribution is 0.0614. The van der Waals surface area contributed by atoms with Crippen LogP contribution in [-0.2, 0) is 6.54 Å². The number of furan rings is 1. The molecule has 1 aliphatic rings. The van der Waals surface area contributed by atoms with Gasteiger partial charge in [-0.3, -0.25) is 9.59 Å². The Morgan fingerprint density at radius 3 is 2.50 bits per heavy atom. The lowest BCUT2D eigenvalue weighted by Crippen LogP contribution is -2.41. The number of anilines is 1. The average molecular weight is 435 g/mol. The molecule has 5 nitrogen and oxygen atoms in total. The summed E-state index contributed by atoms with van der Waals surface area (Å²) in [7, 11) is 0. The van der Waals surface area contributed by atoms with Crippen molar-refractivity contribution in [3.63, 3.8) is 0 Å². The van der Waals surface area contributed by atoms with Crippen LogP contribution in [0, 0.1) is 12.7 Å². The molecular formula is C26H27FN2O3. The Balaban J connectivity index is 1.59. The molecule has 1 N–H and O–H groups in total. The molecule has 0 saturated heterocycles. The molecule has 0 aliphatic heterocycles. The molecule has 0 spiro atoms. The Morgan fingerprint density at radius 2 is 1.81 bits per heavy atom. The third kappa shape index (κ3) is 5.07. The molecule has 1 aromatic heterocycles. The zero-order valence-electron chi connectivity index (χ0n) is 18.1. The van der Waals surface area contributed by atoms with E-state index in [2.05, 4.69) is 5.32 Å². The van der Waals surface area contributed by atoms with Gasteiger partial charge in [0.2, 0.25) is 0 Å². The van der Waals surface area contributed by atoms with Crippen LogP contribution in [-0.4, -0.2) is 22.8 Å². The highest BCUT2D eigenvalue weighted by molar-refractivity contribution is 6.04. The number of rotatable bonds is 6. The van der Waals surface area contributed by atoms with Crippen LogP contribution in [0.15, 0.2) is 65.3 Å². The van der Waals surface area contributed by atoms with Gasteiger partial charge in [-0.1, -0.05) is 37.5 Å². The van der Waals surface area contributed by atoms with Gasteiger partial charge in [0.25, 0.3) is 11.8 Å². The number of halogens is 1. The standard InChI is InChI=1S/C26H27FN2O3/c1-18-9-12-20(16-23(18)28-25(30)24-8-5-15-32-24)26(31)29(22-6-3-2-4-7-22)17-19-10-13-21(27)14-11-19/h5,8-16,22H,2-4,6-7,17H2,1H3,(H,28,30). The van der Waals surface area contributed by atoms with Crippen molar-refractivity contribution < 1.29 is 18.4 Å². The summed E-state index contributed by atoms with van der Waals surface area (Å²) in [6.07, 6.45) is 6.73. The Morgan fingerprint density at radius 1 is 1.06 bits per heavy atom. The van der Waals surface area contributed by atoms with Gasteiger partial charge in [-0.2, -0.15) is 0 Å². The van der Waals surface area contributed by atoms with Gasteiger partial charge >= 0.3 is 0 Å². The highest BCUT2D eigenvalue weighted by Gasteiger charge is 2.27. The van der Waals surface area contributed by atoms with Crippen molar-refractivity contribution in [2.45, 2.75) is 51.6 Å². The molecule has 166 valence electrons. The van der Waals surface area contributed by atoms with Crippen molar-refractivity contribution in [2.24, 2.45) is 0 Å². The number of benzene rings is 2. The van der Waals surface area contributed by atoms with E-state index in [1.807, 2.05) is 17.9 Å². The second kappa shape index (κ2) is 9.81. The van der Waals surface area contributed by atoms with Gasteiger partial charge in [-0.05, 0) is 67.3 Å². The second-order valence-corrected chi connectivity index (χ2v) is 8.31. The fourth-order valence-corrected chi connectivity index (χ4v) is 4.19. The Bertz CT molecular complexity index is 1070. The molecule has 2 aromatic carbocycles. The quantitative estimate of drug-likeness (QED) is 0.521. The summed E-state index contributed by atoms with van der Waals surface area (Å²) >= 11 is 0. The first-order valence-corrected chi connectivity index (χ1v) is 11.0. The van der Waals surface area contributed by atoms with Crippen molar-refractivity contribution in [3.05, 3.63) is 89.1 Å². The number of hydrogen-bond acceptors (Lipinski definition) is 3. The highest BCUT2D eigenvalue weighted by Crippen LogP contribution is 2.27. The predicted octanol–water partition coefficient (Wildman–Crippen LogP) is 5.95. The van der Waals surface area contributed by atoms with E-state index in [-0.39, 0.29) is 29.4 Å². The highest BCUT2D eigenvalue weighted by atomic mass is 19.1. The molecule has 0 bridgehead atoms. The smallest absolute Gasteiger partial charge is 0.291 e. The minimum absolute atomic E-state index is 0.0882. The summed E-state index contributed by atoms with van der Waals surface area (Å²) < 4.78 is 18.5. The lowest BCUT2D eigenvalue weighted by Gasteiger charge is -2.35. The molecule has 2 amide bonds. The van der Waals surface area contributed by atoms with Gasteiger partial charge in [0, 0.05) is 23.8 Å². The van der Waals surface area contributed by atoms with Gasteiger partial charge in [-0.15, -0.1) is 0 Å². The van der Waals surface area contributed by atoms with Gasteiger partial charge in [-0.25, -0.2) is 4.39 Å². The molecule has 1 fully saturated rings. The number of hydrogen-bond donors (Lipinski definition) is 1. The second-order valence-electron chi connectivity index (χ2n) is 8.31. The maximum Gasteiger partial charge on any atom is 0.291 e. The number of nitrogens with zero attached hydrogens (tertiary/aromatic N) is 1. The third-order valence-electron chi connectivity index (χ3n) is 6.02. The van der Waals surface area contributed by atoms with E-state index >= 15 is 0 Å². The summed E-state index contributed by atoms with van der Waals surface area (Å²) in [5.74, 6) is -0.533. The van der Waals surface area contributed by atoms with E-state index in [0.29, 0.717) is 17.8 Å². The van der Waals surface area contributed by atoms with Crippen molar-refractivity contribution in [2.75, 3.05) is 5.32 Å². The van der Waals surface area contributed by atoms with Crippen molar-refractivity contribution in [1.29, 1.82) is 0 Å². The first kappa shape index (κ1) is 21.8. The largest absolute Gasteiger partial charge is 0.459 e. The van der Waals surface area contributed by atoms with Gasteiger partial charge in [0.05, 0.1) is 6.26 Å². The first-order valence-electron chi connectivity index (χ1n) is 11.0. The topological polar surface area (TPSA) is 62.6 Å².